The molecular formula is C29H35N3O3S2. The molecule has 1 unspecified atom stereocenters. The first-order chi connectivity index (χ1) is 18.1. The molecule has 0 radical (unpaired) electrons. The number of urea groups is 1. The molecule has 8 heteroatoms. The summed E-state index contributed by atoms with van der Waals surface area (Å²) in [5.74, 6) is -0.224. The van der Waals surface area contributed by atoms with Crippen LogP contribution in [0, 0.1) is 0 Å². The van der Waals surface area contributed by atoms with Crippen LogP contribution in [0.3, 0.4) is 0 Å². The fraction of sp³-hybridized carbons (Fsp3) is 0.517. The van der Waals surface area contributed by atoms with E-state index in [2.05, 4.69) is 45.7 Å². The van der Waals surface area contributed by atoms with E-state index in [4.69, 9.17) is 4.74 Å². The molecule has 0 spiro atoms. The summed E-state index contributed by atoms with van der Waals surface area (Å²) in [7, 11) is 0. The van der Waals surface area contributed by atoms with E-state index in [1.807, 2.05) is 23.2 Å². The second kappa shape index (κ2) is 10.3. The molecule has 6 rings (SSSR count). The number of aromatic nitrogens is 1. The SMILES string of the molecule is CCOC(=O)CC1(NC(=O)N2Cc3c(sc4c3CCCC4)-n3cccc3C2c2cccs2)CCCCC1. The van der Waals surface area contributed by atoms with Gasteiger partial charge in [-0.05, 0) is 74.6 Å². The van der Waals surface area contributed by atoms with E-state index in [-0.39, 0.29) is 24.5 Å². The molecule has 0 aromatic carbocycles. The lowest BCUT2D eigenvalue weighted by Crippen LogP contribution is -2.55. The van der Waals surface area contributed by atoms with Gasteiger partial charge in [-0.1, -0.05) is 25.3 Å². The number of carbonyl (C=O) groups excluding carboxylic acids is 2. The minimum Gasteiger partial charge on any atom is -0.466 e. The fourth-order valence-corrected chi connectivity index (χ4v) is 8.75. The van der Waals surface area contributed by atoms with Crippen LogP contribution in [0.25, 0.3) is 5.00 Å². The van der Waals surface area contributed by atoms with Gasteiger partial charge >= 0.3 is 12.0 Å². The third kappa shape index (κ3) is 4.63. The molecule has 2 amide bonds. The molecule has 6 nitrogen and oxygen atoms in total. The summed E-state index contributed by atoms with van der Waals surface area (Å²) in [6, 6.07) is 8.20. The standard InChI is InChI=1S/C29H35N3O3S2/c1-2-35-25(33)18-29(14-6-3-7-15-29)30-28(34)32-19-21-20-10-4-5-12-23(20)37-27(21)31-16-8-11-22(31)26(32)24-13-9-17-36-24/h8-9,11,13,16-17,26H,2-7,10,12,14-15,18-19H2,1H3,(H,30,34). The van der Waals surface area contributed by atoms with Crippen LogP contribution >= 0.6 is 22.7 Å². The van der Waals surface area contributed by atoms with Gasteiger partial charge in [0.05, 0.1) is 30.8 Å². The monoisotopic (exact) mass is 537 g/mol. The molecule has 1 atom stereocenters. The number of rotatable bonds is 5. The van der Waals surface area contributed by atoms with Crippen LogP contribution in [-0.2, 0) is 28.9 Å². The molecule has 3 aromatic heterocycles. The highest BCUT2D eigenvalue weighted by atomic mass is 32.1. The molecule has 3 aliphatic rings. The largest absolute Gasteiger partial charge is 0.466 e. The van der Waals surface area contributed by atoms with Crippen molar-refractivity contribution in [1.29, 1.82) is 0 Å². The number of ether oxygens (including phenoxy) is 1. The van der Waals surface area contributed by atoms with Crippen molar-refractivity contribution in [3.05, 3.63) is 62.4 Å². The molecule has 0 bridgehead atoms. The van der Waals surface area contributed by atoms with Gasteiger partial charge in [0.15, 0.2) is 0 Å². The summed E-state index contributed by atoms with van der Waals surface area (Å²) < 4.78 is 7.65. The molecule has 37 heavy (non-hydrogen) atoms. The molecule has 3 aromatic rings. The van der Waals surface area contributed by atoms with Crippen LogP contribution in [0.4, 0.5) is 4.79 Å². The van der Waals surface area contributed by atoms with Crippen LogP contribution < -0.4 is 5.32 Å². The Balaban J connectivity index is 1.41. The number of aryl methyl sites for hydroxylation is 1. The van der Waals surface area contributed by atoms with E-state index in [0.717, 1.165) is 55.5 Å². The predicted octanol–water partition coefficient (Wildman–Crippen LogP) is 6.75. The Labute approximate surface area is 226 Å². The normalized spacial score (nSPS) is 20.4. The second-order valence-electron chi connectivity index (χ2n) is 10.6. The number of nitrogens with one attached hydrogen (secondary N) is 1. The second-order valence-corrected chi connectivity index (χ2v) is 12.7. The van der Waals surface area contributed by atoms with E-state index in [9.17, 15) is 9.59 Å². The summed E-state index contributed by atoms with van der Waals surface area (Å²) in [6.45, 7) is 2.77. The number of hydrogen-bond acceptors (Lipinski definition) is 5. The Morgan fingerprint density at radius 1 is 1.08 bits per heavy atom. The quantitative estimate of drug-likeness (QED) is 0.366. The number of amides is 2. The van der Waals surface area contributed by atoms with Crippen molar-refractivity contribution >= 4 is 34.7 Å². The van der Waals surface area contributed by atoms with Gasteiger partial charge in [-0.2, -0.15) is 0 Å². The number of esters is 1. The Kier molecular flexibility index (Phi) is 6.88. The van der Waals surface area contributed by atoms with Gasteiger partial charge in [-0.3, -0.25) is 4.79 Å². The van der Waals surface area contributed by atoms with Crippen molar-refractivity contribution in [3.8, 4) is 5.00 Å². The third-order valence-electron chi connectivity index (χ3n) is 8.22. The maximum Gasteiger partial charge on any atom is 0.319 e. The average Bonchev–Trinajstić information content (AvgIpc) is 3.64. The number of fused-ring (bicyclic) bond motifs is 5. The molecule has 2 aliphatic carbocycles. The molecule has 1 N–H and O–H groups in total. The smallest absolute Gasteiger partial charge is 0.319 e. The van der Waals surface area contributed by atoms with Crippen LogP contribution in [0.15, 0.2) is 35.8 Å². The van der Waals surface area contributed by atoms with Crippen molar-refractivity contribution in [3.63, 3.8) is 0 Å². The molecule has 0 saturated heterocycles. The zero-order valence-electron chi connectivity index (χ0n) is 21.5. The van der Waals surface area contributed by atoms with Crippen LogP contribution in [0.2, 0.25) is 0 Å². The Bertz CT molecular complexity index is 1270. The summed E-state index contributed by atoms with van der Waals surface area (Å²) in [5, 5.41) is 6.78. The molecule has 1 saturated carbocycles. The number of nitrogens with zero attached hydrogens (tertiary/aromatic N) is 2. The lowest BCUT2D eigenvalue weighted by atomic mass is 9.79. The molecule has 4 heterocycles. The number of carbonyl (C=O) groups is 2. The molecular weight excluding hydrogens is 502 g/mol. The van der Waals surface area contributed by atoms with Crippen molar-refractivity contribution in [2.75, 3.05) is 6.61 Å². The van der Waals surface area contributed by atoms with Crippen molar-refractivity contribution in [2.45, 2.75) is 89.3 Å². The predicted molar refractivity (Wildman–Crippen MR) is 148 cm³/mol. The number of thiophene rings is 2. The van der Waals surface area contributed by atoms with E-state index in [1.165, 1.54) is 33.8 Å². The average molecular weight is 538 g/mol. The lowest BCUT2D eigenvalue weighted by Gasteiger charge is -2.40. The van der Waals surface area contributed by atoms with Gasteiger partial charge < -0.3 is 19.5 Å². The van der Waals surface area contributed by atoms with Crippen molar-refractivity contribution in [1.82, 2.24) is 14.8 Å². The highest BCUT2D eigenvalue weighted by Gasteiger charge is 2.41. The van der Waals surface area contributed by atoms with Gasteiger partial charge in [0.1, 0.15) is 11.0 Å². The Morgan fingerprint density at radius 2 is 1.92 bits per heavy atom. The van der Waals surface area contributed by atoms with Gasteiger partial charge in [0, 0.05) is 21.5 Å². The minimum absolute atomic E-state index is 0.0824. The molecule has 196 valence electrons. The first-order valence-electron chi connectivity index (χ1n) is 13.7. The fourth-order valence-electron chi connectivity index (χ4n) is 6.49. The maximum atomic E-state index is 14.4. The van der Waals surface area contributed by atoms with E-state index in [1.54, 1.807) is 11.3 Å². The molecule has 1 fully saturated rings. The Hall–Kier alpha value is -2.58. The Morgan fingerprint density at radius 3 is 2.70 bits per heavy atom. The van der Waals surface area contributed by atoms with Gasteiger partial charge in [-0.15, -0.1) is 22.7 Å². The van der Waals surface area contributed by atoms with E-state index in [0.29, 0.717) is 13.2 Å². The lowest BCUT2D eigenvalue weighted by molar-refractivity contribution is -0.145. The highest BCUT2D eigenvalue weighted by molar-refractivity contribution is 7.15. The summed E-state index contributed by atoms with van der Waals surface area (Å²) in [5.41, 5.74) is 3.33. The van der Waals surface area contributed by atoms with Crippen molar-refractivity contribution in [2.24, 2.45) is 0 Å². The molecule has 1 aliphatic heterocycles. The van der Waals surface area contributed by atoms with Gasteiger partial charge in [0.2, 0.25) is 0 Å². The van der Waals surface area contributed by atoms with Crippen LogP contribution in [-0.4, -0.2) is 33.6 Å². The van der Waals surface area contributed by atoms with Crippen molar-refractivity contribution < 1.29 is 14.3 Å². The minimum atomic E-state index is -0.549. The zero-order valence-corrected chi connectivity index (χ0v) is 23.1. The van der Waals surface area contributed by atoms with E-state index >= 15 is 0 Å². The third-order valence-corrected chi connectivity index (χ3v) is 10.5. The van der Waals surface area contributed by atoms with Gasteiger partial charge in [0.25, 0.3) is 0 Å². The summed E-state index contributed by atoms with van der Waals surface area (Å²) >= 11 is 3.60. The van der Waals surface area contributed by atoms with Crippen LogP contribution in [0.5, 0.6) is 0 Å². The summed E-state index contributed by atoms with van der Waals surface area (Å²) in [4.78, 5) is 31.6. The topological polar surface area (TPSA) is 63.6 Å². The zero-order chi connectivity index (χ0) is 25.4. The summed E-state index contributed by atoms with van der Waals surface area (Å²) in [6.07, 6.45) is 11.8. The first kappa shape index (κ1) is 24.7. The first-order valence-corrected chi connectivity index (χ1v) is 15.4. The van der Waals surface area contributed by atoms with E-state index < -0.39 is 5.54 Å². The maximum absolute atomic E-state index is 14.4. The van der Waals surface area contributed by atoms with Crippen LogP contribution in [0.1, 0.15) is 90.9 Å². The van der Waals surface area contributed by atoms with Gasteiger partial charge in [-0.25, -0.2) is 4.79 Å². The number of hydrogen-bond donors (Lipinski definition) is 1. The highest BCUT2D eigenvalue weighted by Crippen LogP contribution is 2.45.